The average Bonchev–Trinajstić information content (AvgIpc) is 3.46. The van der Waals surface area contributed by atoms with Gasteiger partial charge in [0.2, 0.25) is 5.91 Å². The second-order valence-corrected chi connectivity index (χ2v) is 9.92. The van der Waals surface area contributed by atoms with Gasteiger partial charge < -0.3 is 5.32 Å². The highest BCUT2D eigenvalue weighted by atomic mass is 32.2. The van der Waals surface area contributed by atoms with Gasteiger partial charge in [0, 0.05) is 35.3 Å². The van der Waals surface area contributed by atoms with E-state index in [2.05, 4.69) is 29.4 Å². The highest BCUT2D eigenvalue weighted by molar-refractivity contribution is 7.99. The zero-order valence-electron chi connectivity index (χ0n) is 17.3. The van der Waals surface area contributed by atoms with E-state index < -0.39 is 0 Å². The summed E-state index contributed by atoms with van der Waals surface area (Å²) in [6.45, 7) is 2.72. The molecular formula is C23H23N3O2S3. The van der Waals surface area contributed by atoms with E-state index in [1.807, 2.05) is 41.1 Å². The van der Waals surface area contributed by atoms with E-state index in [1.54, 1.807) is 23.0 Å². The van der Waals surface area contributed by atoms with Crippen LogP contribution in [0.1, 0.15) is 24.8 Å². The van der Waals surface area contributed by atoms with Crippen LogP contribution in [-0.4, -0.2) is 27.8 Å². The van der Waals surface area contributed by atoms with Gasteiger partial charge in [-0.2, -0.15) is 0 Å². The van der Waals surface area contributed by atoms with Gasteiger partial charge in [-0.05, 0) is 23.4 Å². The molecule has 0 spiro atoms. The van der Waals surface area contributed by atoms with Crippen LogP contribution in [-0.2, 0) is 11.8 Å². The van der Waals surface area contributed by atoms with Crippen LogP contribution in [0.2, 0.25) is 0 Å². The molecule has 8 heteroatoms. The van der Waals surface area contributed by atoms with E-state index >= 15 is 0 Å². The molecule has 4 aromatic rings. The molecule has 160 valence electrons. The molecule has 3 heterocycles. The van der Waals surface area contributed by atoms with Gasteiger partial charge in [0.15, 0.2) is 5.16 Å². The third-order valence-corrected chi connectivity index (χ3v) is 8.01. The maximum absolute atomic E-state index is 13.0. The van der Waals surface area contributed by atoms with Crippen LogP contribution in [0.25, 0.3) is 20.7 Å². The van der Waals surface area contributed by atoms with E-state index in [1.165, 1.54) is 28.7 Å². The summed E-state index contributed by atoms with van der Waals surface area (Å²) >= 11 is 4.37. The first-order chi connectivity index (χ1) is 15.1. The standard InChI is InChI=1S/C23H23N3O2S3/c1-3-15(16-8-5-4-6-9-16)12-24-19(27)14-31-23-25-21-20(22(28)26(23)2)17(13-30-21)18-10-7-11-29-18/h4-11,13,15H,3,12,14H2,1-2H3,(H,24,27). The van der Waals surface area contributed by atoms with E-state index in [0.29, 0.717) is 21.9 Å². The molecule has 1 amide bonds. The maximum atomic E-state index is 13.0. The van der Waals surface area contributed by atoms with Crippen LogP contribution in [0.4, 0.5) is 0 Å². The van der Waals surface area contributed by atoms with Crippen LogP contribution >= 0.6 is 34.4 Å². The highest BCUT2D eigenvalue weighted by Crippen LogP contribution is 2.34. The molecule has 0 bridgehead atoms. The van der Waals surface area contributed by atoms with Crippen molar-refractivity contribution in [2.45, 2.75) is 24.4 Å². The Hall–Kier alpha value is -2.42. The third kappa shape index (κ3) is 4.76. The molecule has 0 fully saturated rings. The number of nitrogens with zero attached hydrogens (tertiary/aromatic N) is 2. The third-order valence-electron chi connectivity index (χ3n) is 5.20. The van der Waals surface area contributed by atoms with Crippen LogP contribution in [0.15, 0.2) is 63.2 Å². The molecule has 5 nitrogen and oxygen atoms in total. The van der Waals surface area contributed by atoms with Crippen LogP contribution in [0.3, 0.4) is 0 Å². The first kappa shape index (κ1) is 21.8. The van der Waals surface area contributed by atoms with Crippen molar-refractivity contribution in [1.29, 1.82) is 0 Å². The zero-order valence-corrected chi connectivity index (χ0v) is 19.8. The molecule has 1 unspecified atom stereocenters. The molecule has 1 atom stereocenters. The van der Waals surface area contributed by atoms with Crippen molar-refractivity contribution in [3.8, 4) is 10.4 Å². The fourth-order valence-corrected chi connectivity index (χ4v) is 6.04. The summed E-state index contributed by atoms with van der Waals surface area (Å²) in [6.07, 6.45) is 0.953. The Morgan fingerprint density at radius 1 is 1.19 bits per heavy atom. The first-order valence-corrected chi connectivity index (χ1v) is 12.8. The highest BCUT2D eigenvalue weighted by Gasteiger charge is 2.17. The smallest absolute Gasteiger partial charge is 0.263 e. The number of amides is 1. The van der Waals surface area contributed by atoms with Gasteiger partial charge in [0.25, 0.3) is 5.56 Å². The van der Waals surface area contributed by atoms with Crippen LogP contribution in [0, 0.1) is 0 Å². The van der Waals surface area contributed by atoms with E-state index in [4.69, 9.17) is 0 Å². The van der Waals surface area contributed by atoms with Gasteiger partial charge in [-0.1, -0.05) is 55.1 Å². The van der Waals surface area contributed by atoms with Gasteiger partial charge in [-0.3, -0.25) is 14.2 Å². The number of nitrogens with one attached hydrogen (secondary N) is 1. The first-order valence-electron chi connectivity index (χ1n) is 10.0. The summed E-state index contributed by atoms with van der Waals surface area (Å²) in [7, 11) is 1.72. The summed E-state index contributed by atoms with van der Waals surface area (Å²) in [5.74, 6) is 0.454. The molecule has 0 aliphatic carbocycles. The van der Waals surface area contributed by atoms with Crippen molar-refractivity contribution in [3.05, 3.63) is 69.1 Å². The van der Waals surface area contributed by atoms with Gasteiger partial charge in [0.05, 0.1) is 11.1 Å². The van der Waals surface area contributed by atoms with Crippen molar-refractivity contribution < 1.29 is 4.79 Å². The number of carbonyl (C=O) groups excluding carboxylic acids is 1. The van der Waals surface area contributed by atoms with Crippen molar-refractivity contribution in [3.63, 3.8) is 0 Å². The van der Waals surface area contributed by atoms with Gasteiger partial charge in [-0.25, -0.2) is 4.98 Å². The summed E-state index contributed by atoms with van der Waals surface area (Å²) in [6, 6.07) is 14.2. The molecule has 0 saturated carbocycles. The van der Waals surface area contributed by atoms with Crippen LogP contribution in [0.5, 0.6) is 0 Å². The maximum Gasteiger partial charge on any atom is 0.263 e. The predicted octanol–water partition coefficient (Wildman–Crippen LogP) is 5.13. The second kappa shape index (κ2) is 9.80. The largest absolute Gasteiger partial charge is 0.355 e. The number of thiophene rings is 2. The van der Waals surface area contributed by atoms with Crippen molar-refractivity contribution in [1.82, 2.24) is 14.9 Å². The Kier molecular flexibility index (Phi) is 6.89. The average molecular weight is 470 g/mol. The summed E-state index contributed by atoms with van der Waals surface area (Å²) in [4.78, 5) is 31.9. The summed E-state index contributed by atoms with van der Waals surface area (Å²) in [5, 5.41) is 8.22. The number of hydrogen-bond acceptors (Lipinski definition) is 6. The number of fused-ring (bicyclic) bond motifs is 1. The monoisotopic (exact) mass is 469 g/mol. The molecular weight excluding hydrogens is 446 g/mol. The van der Waals surface area contributed by atoms with Gasteiger partial charge >= 0.3 is 0 Å². The fourth-order valence-electron chi connectivity index (χ4n) is 3.44. The molecule has 0 aliphatic heterocycles. The van der Waals surface area contributed by atoms with E-state index in [9.17, 15) is 9.59 Å². The number of thioether (sulfide) groups is 1. The van der Waals surface area contributed by atoms with E-state index in [-0.39, 0.29) is 23.1 Å². The lowest BCUT2D eigenvalue weighted by atomic mass is 9.96. The quantitative estimate of drug-likeness (QED) is 0.287. The Labute approximate surface area is 193 Å². The number of aromatic nitrogens is 2. The van der Waals surface area contributed by atoms with E-state index in [0.717, 1.165) is 16.9 Å². The lowest BCUT2D eigenvalue weighted by molar-refractivity contribution is -0.118. The summed E-state index contributed by atoms with van der Waals surface area (Å²) in [5.41, 5.74) is 2.09. The lowest BCUT2D eigenvalue weighted by Gasteiger charge is -2.16. The Morgan fingerprint density at radius 3 is 2.71 bits per heavy atom. The molecule has 0 saturated heterocycles. The Bertz CT molecular complexity index is 1230. The minimum absolute atomic E-state index is 0.0563. The summed E-state index contributed by atoms with van der Waals surface area (Å²) < 4.78 is 1.54. The number of benzene rings is 1. The van der Waals surface area contributed by atoms with Crippen molar-refractivity contribution >= 4 is 50.6 Å². The number of carbonyl (C=O) groups is 1. The molecule has 0 radical (unpaired) electrons. The Morgan fingerprint density at radius 2 is 2.00 bits per heavy atom. The van der Waals surface area contributed by atoms with Crippen molar-refractivity contribution in [2.75, 3.05) is 12.3 Å². The lowest BCUT2D eigenvalue weighted by Crippen LogP contribution is -2.30. The molecule has 1 aromatic carbocycles. The number of hydrogen-bond donors (Lipinski definition) is 1. The Balaban J connectivity index is 1.44. The molecule has 3 aromatic heterocycles. The molecule has 1 N–H and O–H groups in total. The predicted molar refractivity (Wildman–Crippen MR) is 131 cm³/mol. The molecule has 4 rings (SSSR count). The fraction of sp³-hybridized carbons (Fsp3) is 0.261. The number of rotatable bonds is 8. The SMILES string of the molecule is CCC(CNC(=O)CSc1nc2scc(-c3cccs3)c2c(=O)n1C)c1ccccc1. The molecule has 0 aliphatic rings. The normalized spacial score (nSPS) is 12.2. The van der Waals surface area contributed by atoms with Crippen LogP contribution < -0.4 is 10.9 Å². The minimum Gasteiger partial charge on any atom is -0.355 e. The second-order valence-electron chi connectivity index (χ2n) is 7.17. The molecule has 31 heavy (non-hydrogen) atoms. The van der Waals surface area contributed by atoms with Gasteiger partial charge in [0.1, 0.15) is 4.83 Å². The topological polar surface area (TPSA) is 64.0 Å². The van der Waals surface area contributed by atoms with Gasteiger partial charge in [-0.15, -0.1) is 22.7 Å². The minimum atomic E-state index is -0.0762. The zero-order chi connectivity index (χ0) is 21.8. The van der Waals surface area contributed by atoms with Crippen molar-refractivity contribution in [2.24, 2.45) is 7.05 Å².